The molecule has 0 bridgehead atoms. The monoisotopic (exact) mass is 330 g/mol. The van der Waals surface area contributed by atoms with Crippen molar-refractivity contribution in [2.45, 2.75) is 19.8 Å². The first kappa shape index (κ1) is 21.0. The number of hydrogen-bond donors (Lipinski definition) is 4. The van der Waals surface area contributed by atoms with Gasteiger partial charge in [-0.05, 0) is 6.92 Å². The van der Waals surface area contributed by atoms with Gasteiger partial charge in [-0.3, -0.25) is 19.8 Å². The number of amides is 3. The van der Waals surface area contributed by atoms with Crippen LogP contribution in [0.5, 0.6) is 0 Å². The van der Waals surface area contributed by atoms with E-state index in [9.17, 15) is 14.4 Å². The van der Waals surface area contributed by atoms with Gasteiger partial charge in [-0.2, -0.15) is 0 Å². The van der Waals surface area contributed by atoms with E-state index in [-0.39, 0.29) is 30.6 Å². The maximum Gasteiger partial charge on any atom is 0.246 e. The third-order valence-corrected chi connectivity index (χ3v) is 2.60. The molecule has 0 saturated carbocycles. The number of hydrogen-bond acceptors (Lipinski definition) is 6. The summed E-state index contributed by atoms with van der Waals surface area (Å²) >= 11 is 0. The van der Waals surface area contributed by atoms with Crippen LogP contribution in [-0.2, 0) is 23.9 Å². The van der Waals surface area contributed by atoms with Crippen molar-refractivity contribution in [2.24, 2.45) is 5.84 Å². The van der Waals surface area contributed by atoms with E-state index in [4.69, 9.17) is 15.3 Å². The van der Waals surface area contributed by atoms with Crippen LogP contribution in [0.4, 0.5) is 0 Å². The van der Waals surface area contributed by atoms with Crippen molar-refractivity contribution in [1.29, 1.82) is 0 Å². The Hall–Kier alpha value is -1.97. The standard InChI is InChI=1S/C14H26N4O5/c1-11(2)14(21)17-6-8-23-10-9-22-7-5-16-12(19)3-4-13(20)18-15/h1,3-10,15H2,2H3,(H,16,19)(H,17,21)(H,18,20). The molecule has 0 rings (SSSR count). The summed E-state index contributed by atoms with van der Waals surface area (Å²) in [6, 6.07) is 0. The fourth-order valence-electron chi connectivity index (χ4n) is 1.36. The molecule has 0 aromatic heterocycles. The molecule has 0 aliphatic carbocycles. The van der Waals surface area contributed by atoms with Crippen LogP contribution < -0.4 is 21.9 Å². The summed E-state index contributed by atoms with van der Waals surface area (Å²) in [5.74, 6) is 4.09. The molecule has 0 aromatic carbocycles. The smallest absolute Gasteiger partial charge is 0.246 e. The topological polar surface area (TPSA) is 132 Å². The van der Waals surface area contributed by atoms with Gasteiger partial charge < -0.3 is 20.1 Å². The first-order valence-corrected chi connectivity index (χ1v) is 7.32. The normalized spacial score (nSPS) is 10.0. The van der Waals surface area contributed by atoms with E-state index in [0.29, 0.717) is 45.1 Å². The molecule has 0 unspecified atom stereocenters. The molecule has 132 valence electrons. The lowest BCUT2D eigenvalue weighted by atomic mass is 10.3. The maximum absolute atomic E-state index is 11.3. The summed E-state index contributed by atoms with van der Waals surface area (Å²) in [4.78, 5) is 33.3. The molecule has 9 nitrogen and oxygen atoms in total. The van der Waals surface area contributed by atoms with Crippen molar-refractivity contribution >= 4 is 17.7 Å². The molecule has 0 radical (unpaired) electrons. The van der Waals surface area contributed by atoms with E-state index in [1.807, 2.05) is 5.43 Å². The van der Waals surface area contributed by atoms with Crippen molar-refractivity contribution in [3.05, 3.63) is 12.2 Å². The largest absolute Gasteiger partial charge is 0.377 e. The summed E-state index contributed by atoms with van der Waals surface area (Å²) in [5.41, 5.74) is 2.41. The SMILES string of the molecule is C=C(C)C(=O)NCCOCCOCCNC(=O)CCC(=O)NN. The zero-order chi connectivity index (χ0) is 17.5. The van der Waals surface area contributed by atoms with Gasteiger partial charge in [0.05, 0.1) is 26.4 Å². The van der Waals surface area contributed by atoms with Crippen LogP contribution >= 0.6 is 0 Å². The quantitative estimate of drug-likeness (QED) is 0.108. The lowest BCUT2D eigenvalue weighted by Gasteiger charge is -2.08. The van der Waals surface area contributed by atoms with Crippen LogP contribution in [0.15, 0.2) is 12.2 Å². The maximum atomic E-state index is 11.3. The summed E-state index contributed by atoms with van der Waals surface area (Å²) < 4.78 is 10.5. The van der Waals surface area contributed by atoms with E-state index in [0.717, 1.165) is 0 Å². The molecular formula is C14H26N4O5. The van der Waals surface area contributed by atoms with Crippen molar-refractivity contribution in [2.75, 3.05) is 39.5 Å². The predicted octanol–water partition coefficient (Wildman–Crippen LogP) is -1.40. The average Bonchev–Trinajstić information content (AvgIpc) is 2.53. The Kier molecular flexibility index (Phi) is 12.5. The Morgan fingerprint density at radius 2 is 1.43 bits per heavy atom. The lowest BCUT2D eigenvalue weighted by Crippen LogP contribution is -2.32. The second-order valence-corrected chi connectivity index (χ2v) is 4.68. The second-order valence-electron chi connectivity index (χ2n) is 4.68. The molecule has 3 amide bonds. The number of ether oxygens (including phenoxy) is 2. The van der Waals surface area contributed by atoms with Gasteiger partial charge in [-0.1, -0.05) is 6.58 Å². The van der Waals surface area contributed by atoms with Crippen molar-refractivity contribution in [3.63, 3.8) is 0 Å². The number of carbonyl (C=O) groups is 3. The number of rotatable bonds is 13. The third-order valence-electron chi connectivity index (χ3n) is 2.60. The van der Waals surface area contributed by atoms with Gasteiger partial charge in [0.2, 0.25) is 17.7 Å². The number of carbonyl (C=O) groups excluding carboxylic acids is 3. The van der Waals surface area contributed by atoms with Gasteiger partial charge in [0.1, 0.15) is 0 Å². The van der Waals surface area contributed by atoms with Crippen molar-refractivity contribution in [3.8, 4) is 0 Å². The molecule has 0 spiro atoms. The number of nitrogens with one attached hydrogen (secondary N) is 3. The fourth-order valence-corrected chi connectivity index (χ4v) is 1.36. The summed E-state index contributed by atoms with van der Waals surface area (Å²) in [6.07, 6.45) is 0.140. The highest BCUT2D eigenvalue weighted by Crippen LogP contribution is 1.88. The van der Waals surface area contributed by atoms with Gasteiger partial charge in [0.25, 0.3) is 0 Å². The molecule has 9 heteroatoms. The third kappa shape index (κ3) is 13.4. The van der Waals surface area contributed by atoms with Crippen LogP contribution in [0, 0.1) is 0 Å². The highest BCUT2D eigenvalue weighted by atomic mass is 16.5. The van der Waals surface area contributed by atoms with Gasteiger partial charge >= 0.3 is 0 Å². The van der Waals surface area contributed by atoms with Crippen molar-refractivity contribution < 1.29 is 23.9 Å². The summed E-state index contributed by atoms with van der Waals surface area (Å²) in [7, 11) is 0. The molecule has 0 aromatic rings. The highest BCUT2D eigenvalue weighted by molar-refractivity contribution is 5.92. The Bertz CT molecular complexity index is 401. The molecule has 0 aliphatic heterocycles. The van der Waals surface area contributed by atoms with Crippen LogP contribution in [0.2, 0.25) is 0 Å². The van der Waals surface area contributed by atoms with E-state index >= 15 is 0 Å². The van der Waals surface area contributed by atoms with E-state index < -0.39 is 0 Å². The van der Waals surface area contributed by atoms with Crippen LogP contribution in [0.25, 0.3) is 0 Å². The van der Waals surface area contributed by atoms with Crippen LogP contribution in [0.3, 0.4) is 0 Å². The first-order chi connectivity index (χ1) is 11.0. The molecule has 0 aliphatic rings. The van der Waals surface area contributed by atoms with E-state index in [1.165, 1.54) is 0 Å². The minimum absolute atomic E-state index is 0.0545. The Morgan fingerprint density at radius 3 is 1.96 bits per heavy atom. The lowest BCUT2D eigenvalue weighted by molar-refractivity contribution is -0.126. The second kappa shape index (κ2) is 13.7. The zero-order valence-corrected chi connectivity index (χ0v) is 13.5. The highest BCUT2D eigenvalue weighted by Gasteiger charge is 2.04. The fraction of sp³-hybridized carbons (Fsp3) is 0.643. The Balaban J connectivity index is 3.30. The average molecular weight is 330 g/mol. The Labute approximate surface area is 135 Å². The molecule has 5 N–H and O–H groups in total. The number of nitrogens with two attached hydrogens (primary N) is 1. The van der Waals surface area contributed by atoms with E-state index in [2.05, 4.69) is 17.2 Å². The van der Waals surface area contributed by atoms with Crippen LogP contribution in [-0.4, -0.2) is 57.2 Å². The van der Waals surface area contributed by atoms with Crippen molar-refractivity contribution in [1.82, 2.24) is 16.1 Å². The van der Waals surface area contributed by atoms with Crippen LogP contribution in [0.1, 0.15) is 19.8 Å². The summed E-state index contributed by atoms with van der Waals surface area (Å²) in [5, 5.41) is 5.26. The molecule has 23 heavy (non-hydrogen) atoms. The van der Waals surface area contributed by atoms with Gasteiger partial charge in [-0.15, -0.1) is 0 Å². The Morgan fingerprint density at radius 1 is 0.913 bits per heavy atom. The van der Waals surface area contributed by atoms with E-state index in [1.54, 1.807) is 6.92 Å². The zero-order valence-electron chi connectivity index (χ0n) is 13.5. The van der Waals surface area contributed by atoms with Gasteiger partial charge in [0, 0.05) is 31.5 Å². The molecule has 0 saturated heterocycles. The first-order valence-electron chi connectivity index (χ1n) is 7.32. The minimum atomic E-state index is -0.381. The predicted molar refractivity (Wildman–Crippen MR) is 84.0 cm³/mol. The molecule has 0 fully saturated rings. The van der Waals surface area contributed by atoms with Gasteiger partial charge in [-0.25, -0.2) is 5.84 Å². The molecule has 0 atom stereocenters. The molecular weight excluding hydrogens is 304 g/mol. The minimum Gasteiger partial charge on any atom is -0.377 e. The molecule has 0 heterocycles. The van der Waals surface area contributed by atoms with Gasteiger partial charge in [0.15, 0.2) is 0 Å². The number of hydrazine groups is 1. The summed E-state index contributed by atoms with van der Waals surface area (Å²) in [6.45, 7) is 7.46.